The molecule has 0 aromatic heterocycles. The molecule has 2 saturated heterocycles. The zero-order valence-electron chi connectivity index (χ0n) is 15.9. The quantitative estimate of drug-likeness (QED) is 0.841. The molecule has 0 aliphatic carbocycles. The number of piperidine rings is 1. The van der Waals surface area contributed by atoms with Crippen LogP contribution in [-0.2, 0) is 9.59 Å². The minimum Gasteiger partial charge on any atom is -0.372 e. The van der Waals surface area contributed by atoms with Crippen molar-refractivity contribution >= 4 is 23.2 Å². The smallest absolute Gasteiger partial charge is 0.227 e. The number of carbonyl (C=O) groups is 2. The van der Waals surface area contributed by atoms with E-state index in [4.69, 9.17) is 0 Å². The lowest BCUT2D eigenvalue weighted by molar-refractivity contribution is -0.126. The Hall–Kier alpha value is -2.08. The number of likely N-dealkylation sites (N-methyl/N-ethyl adjacent to an activating group) is 1. The summed E-state index contributed by atoms with van der Waals surface area (Å²) in [7, 11) is 3.95. The Labute approximate surface area is 156 Å². The highest BCUT2D eigenvalue weighted by atomic mass is 16.2. The molecule has 0 radical (unpaired) electrons. The molecule has 2 aliphatic rings. The van der Waals surface area contributed by atoms with Crippen LogP contribution >= 0.6 is 0 Å². The summed E-state index contributed by atoms with van der Waals surface area (Å²) in [6.07, 6.45) is 4.10. The van der Waals surface area contributed by atoms with E-state index in [0.29, 0.717) is 19.5 Å². The van der Waals surface area contributed by atoms with E-state index in [9.17, 15) is 9.59 Å². The van der Waals surface area contributed by atoms with Crippen molar-refractivity contribution in [3.05, 3.63) is 24.3 Å². The summed E-state index contributed by atoms with van der Waals surface area (Å²) in [5, 5.41) is 2.93. The lowest BCUT2D eigenvalue weighted by atomic mass is 10.1. The molecular weight excluding hydrogens is 328 g/mol. The van der Waals surface area contributed by atoms with Gasteiger partial charge < -0.3 is 20.0 Å². The van der Waals surface area contributed by atoms with Gasteiger partial charge in [-0.2, -0.15) is 0 Å². The van der Waals surface area contributed by atoms with Crippen LogP contribution in [-0.4, -0.2) is 63.5 Å². The summed E-state index contributed by atoms with van der Waals surface area (Å²) >= 11 is 0. The molecule has 1 atom stereocenters. The highest BCUT2D eigenvalue weighted by molar-refractivity contribution is 6.00. The minimum absolute atomic E-state index is 0.0207. The summed E-state index contributed by atoms with van der Waals surface area (Å²) in [4.78, 5) is 30.9. The van der Waals surface area contributed by atoms with E-state index in [1.807, 2.05) is 31.1 Å². The van der Waals surface area contributed by atoms with Crippen molar-refractivity contribution < 1.29 is 9.59 Å². The van der Waals surface area contributed by atoms with Crippen LogP contribution in [0.25, 0.3) is 0 Å². The minimum atomic E-state index is -0.258. The van der Waals surface area contributed by atoms with Crippen LogP contribution in [0, 0.1) is 5.92 Å². The first-order chi connectivity index (χ1) is 12.5. The Balaban J connectivity index is 1.57. The molecule has 0 bridgehead atoms. The molecule has 6 heteroatoms. The lowest BCUT2D eigenvalue weighted by Gasteiger charge is -2.29. The molecule has 1 aromatic rings. The van der Waals surface area contributed by atoms with Crippen LogP contribution in [0.3, 0.4) is 0 Å². The predicted molar refractivity (Wildman–Crippen MR) is 105 cm³/mol. The van der Waals surface area contributed by atoms with Gasteiger partial charge in [0.15, 0.2) is 0 Å². The Morgan fingerprint density at radius 2 is 1.77 bits per heavy atom. The second kappa shape index (κ2) is 8.54. The number of carbonyl (C=O) groups excluding carboxylic acids is 2. The maximum absolute atomic E-state index is 12.4. The fourth-order valence-corrected chi connectivity index (χ4v) is 3.68. The van der Waals surface area contributed by atoms with Crippen LogP contribution in [0.1, 0.15) is 25.7 Å². The molecule has 2 amide bonds. The first-order valence-corrected chi connectivity index (χ1v) is 9.62. The van der Waals surface area contributed by atoms with Crippen LogP contribution in [0.4, 0.5) is 11.4 Å². The van der Waals surface area contributed by atoms with E-state index < -0.39 is 0 Å². The summed E-state index contributed by atoms with van der Waals surface area (Å²) in [5.41, 5.74) is 2.11. The number of nitrogens with zero attached hydrogens (tertiary/aromatic N) is 3. The second-order valence-corrected chi connectivity index (χ2v) is 7.56. The number of nitrogens with one attached hydrogen (secondary N) is 1. The third kappa shape index (κ3) is 4.55. The Morgan fingerprint density at radius 3 is 2.42 bits per heavy atom. The summed E-state index contributed by atoms with van der Waals surface area (Å²) < 4.78 is 0. The Morgan fingerprint density at radius 1 is 1.12 bits per heavy atom. The van der Waals surface area contributed by atoms with Crippen molar-refractivity contribution in [2.75, 3.05) is 56.6 Å². The molecule has 2 fully saturated rings. The van der Waals surface area contributed by atoms with Gasteiger partial charge in [-0.05, 0) is 57.6 Å². The zero-order valence-corrected chi connectivity index (χ0v) is 15.9. The van der Waals surface area contributed by atoms with Gasteiger partial charge in [0.05, 0.1) is 5.92 Å². The second-order valence-electron chi connectivity index (χ2n) is 7.56. The van der Waals surface area contributed by atoms with Gasteiger partial charge in [0.2, 0.25) is 11.8 Å². The van der Waals surface area contributed by atoms with Gasteiger partial charge in [-0.3, -0.25) is 9.59 Å². The van der Waals surface area contributed by atoms with Gasteiger partial charge >= 0.3 is 0 Å². The van der Waals surface area contributed by atoms with Crippen molar-refractivity contribution in [1.82, 2.24) is 10.2 Å². The molecule has 1 unspecified atom stereocenters. The highest BCUT2D eigenvalue weighted by Gasteiger charge is 2.35. The van der Waals surface area contributed by atoms with Crippen LogP contribution in [0.2, 0.25) is 0 Å². The SMILES string of the molecule is CN(C)CCNC(=O)C1CC(=O)N(c2ccc(N3CCCCC3)cc2)C1. The number of anilines is 2. The molecule has 0 spiro atoms. The summed E-state index contributed by atoms with van der Waals surface area (Å²) in [6.45, 7) is 4.10. The van der Waals surface area contributed by atoms with Crippen LogP contribution in [0.5, 0.6) is 0 Å². The topological polar surface area (TPSA) is 55.9 Å². The van der Waals surface area contributed by atoms with Crippen LogP contribution in [0.15, 0.2) is 24.3 Å². The van der Waals surface area contributed by atoms with Crippen molar-refractivity contribution in [2.45, 2.75) is 25.7 Å². The molecule has 2 heterocycles. The molecule has 1 aromatic carbocycles. The van der Waals surface area contributed by atoms with E-state index in [1.54, 1.807) is 4.90 Å². The number of hydrogen-bond acceptors (Lipinski definition) is 4. The highest BCUT2D eigenvalue weighted by Crippen LogP contribution is 2.28. The van der Waals surface area contributed by atoms with E-state index in [1.165, 1.54) is 24.9 Å². The molecular formula is C20H30N4O2. The molecule has 6 nitrogen and oxygen atoms in total. The maximum Gasteiger partial charge on any atom is 0.227 e. The molecule has 3 rings (SSSR count). The summed E-state index contributed by atoms with van der Waals surface area (Å²) in [5.74, 6) is -0.248. The van der Waals surface area contributed by atoms with Gasteiger partial charge in [0, 0.05) is 50.5 Å². The average molecular weight is 358 g/mol. The third-order valence-corrected chi connectivity index (χ3v) is 5.24. The van der Waals surface area contributed by atoms with E-state index in [2.05, 4.69) is 22.3 Å². The number of benzene rings is 1. The van der Waals surface area contributed by atoms with Crippen molar-refractivity contribution in [2.24, 2.45) is 5.92 Å². The van der Waals surface area contributed by atoms with Gasteiger partial charge in [0.25, 0.3) is 0 Å². The lowest BCUT2D eigenvalue weighted by Crippen LogP contribution is -2.36. The van der Waals surface area contributed by atoms with Gasteiger partial charge in [-0.15, -0.1) is 0 Å². The van der Waals surface area contributed by atoms with Crippen LogP contribution < -0.4 is 15.1 Å². The first kappa shape index (κ1) is 18.7. The monoisotopic (exact) mass is 358 g/mol. The van der Waals surface area contributed by atoms with Gasteiger partial charge in [-0.1, -0.05) is 0 Å². The predicted octanol–water partition coefficient (Wildman–Crippen LogP) is 1.71. The summed E-state index contributed by atoms with van der Waals surface area (Å²) in [6, 6.07) is 8.21. The number of rotatable bonds is 6. The first-order valence-electron chi connectivity index (χ1n) is 9.62. The molecule has 0 saturated carbocycles. The fourth-order valence-electron chi connectivity index (χ4n) is 3.68. The third-order valence-electron chi connectivity index (χ3n) is 5.24. The largest absolute Gasteiger partial charge is 0.372 e. The Bertz CT molecular complexity index is 623. The number of amides is 2. The molecule has 26 heavy (non-hydrogen) atoms. The molecule has 1 N–H and O–H groups in total. The van der Waals surface area contributed by atoms with E-state index >= 15 is 0 Å². The Kier molecular flexibility index (Phi) is 6.14. The van der Waals surface area contributed by atoms with E-state index in [0.717, 1.165) is 25.3 Å². The normalized spacial score (nSPS) is 20.7. The van der Waals surface area contributed by atoms with Crippen molar-refractivity contribution in [3.63, 3.8) is 0 Å². The molecule has 142 valence electrons. The standard InChI is InChI=1S/C20H30N4O2/c1-22(2)13-10-21-20(26)16-14-19(25)24(15-16)18-8-6-17(7-9-18)23-11-4-3-5-12-23/h6-9,16H,3-5,10-15H2,1-2H3,(H,21,26). The zero-order chi connectivity index (χ0) is 18.5. The fraction of sp³-hybridized carbons (Fsp3) is 0.600. The van der Waals surface area contributed by atoms with Crippen molar-refractivity contribution in [1.29, 1.82) is 0 Å². The van der Waals surface area contributed by atoms with Gasteiger partial charge in [-0.25, -0.2) is 0 Å². The van der Waals surface area contributed by atoms with Crippen molar-refractivity contribution in [3.8, 4) is 0 Å². The average Bonchev–Trinajstić information content (AvgIpc) is 3.04. The van der Waals surface area contributed by atoms with E-state index in [-0.39, 0.29) is 17.7 Å². The maximum atomic E-state index is 12.4. The number of hydrogen-bond donors (Lipinski definition) is 1. The molecule has 2 aliphatic heterocycles. The van der Waals surface area contributed by atoms with Gasteiger partial charge in [0.1, 0.15) is 0 Å².